The van der Waals surface area contributed by atoms with E-state index >= 15 is 0 Å². The zero-order chi connectivity index (χ0) is 15.6. The summed E-state index contributed by atoms with van der Waals surface area (Å²) < 4.78 is 54.0. The van der Waals surface area contributed by atoms with Gasteiger partial charge in [-0.2, -0.15) is 0 Å². The predicted molar refractivity (Wildman–Crippen MR) is 76.7 cm³/mol. The van der Waals surface area contributed by atoms with Gasteiger partial charge in [-0.1, -0.05) is 0 Å². The largest absolute Gasteiger partial charge is 0.492 e. The molecule has 0 amide bonds. The van der Waals surface area contributed by atoms with Crippen LogP contribution in [0.1, 0.15) is 20.8 Å². The van der Waals surface area contributed by atoms with Gasteiger partial charge in [0.15, 0.2) is 0 Å². The fraction of sp³-hybridized carbons (Fsp3) is 0.455. The van der Waals surface area contributed by atoms with Crippen LogP contribution < -0.4 is 14.6 Å². The summed E-state index contributed by atoms with van der Waals surface area (Å²) in [6.45, 7) is 4.98. The molecule has 1 rings (SSSR count). The van der Waals surface area contributed by atoms with Crippen LogP contribution in [0.15, 0.2) is 23.1 Å². The first-order chi connectivity index (χ1) is 9.08. The van der Waals surface area contributed by atoms with Crippen LogP contribution in [-0.2, 0) is 20.0 Å². The van der Waals surface area contributed by atoms with E-state index in [1.807, 2.05) is 0 Å². The lowest BCUT2D eigenvalue weighted by atomic mass is 10.3. The van der Waals surface area contributed by atoms with E-state index in [4.69, 9.17) is 9.88 Å². The number of hydrogen-bond acceptors (Lipinski definition) is 5. The number of anilines is 1. The van der Waals surface area contributed by atoms with E-state index in [0.717, 1.165) is 6.07 Å². The molecule has 1 aromatic rings. The highest BCUT2D eigenvalue weighted by atomic mass is 32.2. The van der Waals surface area contributed by atoms with Crippen LogP contribution >= 0.6 is 0 Å². The highest BCUT2D eigenvalue weighted by molar-refractivity contribution is 7.93. The van der Waals surface area contributed by atoms with E-state index in [1.165, 1.54) is 26.0 Å². The molecule has 114 valence electrons. The number of hydrogen-bond donors (Lipinski definition) is 2. The first-order valence-electron chi connectivity index (χ1n) is 5.89. The molecule has 0 aliphatic carbocycles. The van der Waals surface area contributed by atoms with Gasteiger partial charge in [-0.3, -0.25) is 4.72 Å². The minimum atomic E-state index is -4.01. The summed E-state index contributed by atoms with van der Waals surface area (Å²) in [5, 5.41) is 4.45. The molecule has 20 heavy (non-hydrogen) atoms. The van der Waals surface area contributed by atoms with E-state index < -0.39 is 25.3 Å². The van der Waals surface area contributed by atoms with Crippen LogP contribution in [0.25, 0.3) is 0 Å². The Morgan fingerprint density at radius 2 is 1.85 bits per heavy atom. The van der Waals surface area contributed by atoms with Gasteiger partial charge in [0.05, 0.1) is 17.5 Å². The van der Waals surface area contributed by atoms with Crippen molar-refractivity contribution in [3.8, 4) is 5.75 Å². The molecule has 0 unspecified atom stereocenters. The zero-order valence-electron chi connectivity index (χ0n) is 11.5. The molecule has 0 saturated carbocycles. The maximum absolute atomic E-state index is 11.7. The van der Waals surface area contributed by atoms with E-state index in [-0.39, 0.29) is 22.9 Å². The van der Waals surface area contributed by atoms with Crippen molar-refractivity contribution in [3.63, 3.8) is 0 Å². The summed E-state index contributed by atoms with van der Waals surface area (Å²) in [4.78, 5) is -0.261. The first-order valence-corrected chi connectivity index (χ1v) is 8.98. The Hall–Kier alpha value is -1.32. The Bertz CT molecular complexity index is 681. The number of nitrogens with one attached hydrogen (secondary N) is 1. The molecule has 0 fully saturated rings. The van der Waals surface area contributed by atoms with Crippen molar-refractivity contribution in [2.24, 2.45) is 5.14 Å². The highest BCUT2D eigenvalue weighted by Gasteiger charge is 2.20. The SMILES string of the molecule is CCOc1ccc(NS(=O)(=O)C(C)C)cc1S(N)(=O)=O. The third-order valence-electron chi connectivity index (χ3n) is 2.43. The molecule has 0 aliphatic heterocycles. The van der Waals surface area contributed by atoms with E-state index in [2.05, 4.69) is 4.72 Å². The topological polar surface area (TPSA) is 116 Å². The first kappa shape index (κ1) is 16.7. The van der Waals surface area contributed by atoms with E-state index in [1.54, 1.807) is 6.92 Å². The molecular weight excluding hydrogens is 304 g/mol. The van der Waals surface area contributed by atoms with Crippen LogP contribution in [0.5, 0.6) is 5.75 Å². The number of primary sulfonamides is 1. The predicted octanol–water partition coefficient (Wildman–Crippen LogP) is 0.883. The molecule has 1 aromatic carbocycles. The van der Waals surface area contributed by atoms with Crippen molar-refractivity contribution in [2.45, 2.75) is 30.9 Å². The van der Waals surface area contributed by atoms with Crippen LogP contribution in [0.4, 0.5) is 5.69 Å². The third-order valence-corrected chi connectivity index (χ3v) is 5.12. The second-order valence-corrected chi connectivity index (χ2v) is 8.10. The van der Waals surface area contributed by atoms with Crippen LogP contribution in [0, 0.1) is 0 Å². The quantitative estimate of drug-likeness (QED) is 0.806. The Morgan fingerprint density at radius 3 is 2.30 bits per heavy atom. The number of sulfonamides is 2. The number of ether oxygens (including phenoxy) is 1. The molecule has 0 aromatic heterocycles. The number of nitrogens with two attached hydrogens (primary N) is 1. The second-order valence-electron chi connectivity index (χ2n) is 4.34. The highest BCUT2D eigenvalue weighted by Crippen LogP contribution is 2.27. The van der Waals surface area contributed by atoms with Gasteiger partial charge in [-0.15, -0.1) is 0 Å². The minimum absolute atomic E-state index is 0.0856. The summed E-state index contributed by atoms with van der Waals surface area (Å²) in [5.74, 6) is 0.0856. The molecule has 0 atom stereocenters. The molecule has 0 radical (unpaired) electrons. The lowest BCUT2D eigenvalue weighted by Crippen LogP contribution is -2.23. The van der Waals surface area contributed by atoms with Gasteiger partial charge >= 0.3 is 0 Å². The standard InChI is InChI=1S/C11H18N2O5S2/c1-4-18-10-6-5-9(7-11(10)19(12,14)15)13-20(16,17)8(2)3/h5-8,13H,4H2,1-3H3,(H2,12,14,15). The van der Waals surface area contributed by atoms with Crippen LogP contribution in [0.2, 0.25) is 0 Å². The van der Waals surface area contributed by atoms with Crippen molar-refractivity contribution in [1.82, 2.24) is 0 Å². The Labute approximate surface area is 119 Å². The maximum Gasteiger partial charge on any atom is 0.241 e. The van der Waals surface area contributed by atoms with Gasteiger partial charge in [0.25, 0.3) is 0 Å². The molecule has 0 heterocycles. The van der Waals surface area contributed by atoms with Gasteiger partial charge in [-0.25, -0.2) is 22.0 Å². The van der Waals surface area contributed by atoms with Gasteiger partial charge < -0.3 is 4.74 Å². The molecule has 7 nitrogen and oxygen atoms in total. The molecule has 0 aliphatic rings. The average molecular weight is 322 g/mol. The van der Waals surface area contributed by atoms with Gasteiger partial charge in [0, 0.05) is 0 Å². The summed E-state index contributed by atoms with van der Waals surface area (Å²) in [6.07, 6.45) is 0. The van der Waals surface area contributed by atoms with Crippen molar-refractivity contribution < 1.29 is 21.6 Å². The lowest BCUT2D eigenvalue weighted by Gasteiger charge is -2.13. The molecule has 0 spiro atoms. The number of benzene rings is 1. The van der Waals surface area contributed by atoms with Crippen LogP contribution in [0.3, 0.4) is 0 Å². The normalized spacial score (nSPS) is 12.4. The van der Waals surface area contributed by atoms with Crippen molar-refractivity contribution in [2.75, 3.05) is 11.3 Å². The van der Waals surface area contributed by atoms with Gasteiger partial charge in [0.2, 0.25) is 20.0 Å². The van der Waals surface area contributed by atoms with Gasteiger partial charge in [0.1, 0.15) is 10.6 Å². The van der Waals surface area contributed by atoms with Crippen molar-refractivity contribution >= 4 is 25.7 Å². The Kier molecular flexibility index (Phi) is 5.00. The average Bonchev–Trinajstić information content (AvgIpc) is 2.29. The summed E-state index contributed by atoms with van der Waals surface area (Å²) in [7, 11) is -7.58. The second kappa shape index (κ2) is 5.98. The molecule has 3 N–H and O–H groups in total. The number of rotatable bonds is 6. The molecule has 0 saturated heterocycles. The van der Waals surface area contributed by atoms with E-state index in [9.17, 15) is 16.8 Å². The molecular formula is C11H18N2O5S2. The lowest BCUT2D eigenvalue weighted by molar-refractivity contribution is 0.331. The van der Waals surface area contributed by atoms with Crippen LogP contribution in [-0.4, -0.2) is 28.7 Å². The Balaban J connectivity index is 3.27. The molecule has 0 bridgehead atoms. The minimum Gasteiger partial charge on any atom is -0.492 e. The fourth-order valence-corrected chi connectivity index (χ4v) is 2.74. The van der Waals surface area contributed by atoms with Crippen molar-refractivity contribution in [3.05, 3.63) is 18.2 Å². The monoisotopic (exact) mass is 322 g/mol. The summed E-state index contributed by atoms with van der Waals surface area (Å²) in [6, 6.07) is 3.92. The summed E-state index contributed by atoms with van der Waals surface area (Å²) in [5.41, 5.74) is 0.117. The fourth-order valence-electron chi connectivity index (χ4n) is 1.35. The molecule has 9 heteroatoms. The van der Waals surface area contributed by atoms with Crippen molar-refractivity contribution in [1.29, 1.82) is 0 Å². The zero-order valence-corrected chi connectivity index (χ0v) is 13.1. The van der Waals surface area contributed by atoms with Gasteiger partial charge in [-0.05, 0) is 39.0 Å². The summed E-state index contributed by atoms with van der Waals surface area (Å²) >= 11 is 0. The third kappa shape index (κ3) is 4.09. The maximum atomic E-state index is 11.7. The Morgan fingerprint density at radius 1 is 1.25 bits per heavy atom. The van der Waals surface area contributed by atoms with E-state index in [0.29, 0.717) is 0 Å². The smallest absolute Gasteiger partial charge is 0.241 e.